The Morgan fingerprint density at radius 1 is 1.41 bits per heavy atom. The van der Waals surface area contributed by atoms with Crippen LogP contribution in [0.5, 0.6) is 5.75 Å². The van der Waals surface area contributed by atoms with Gasteiger partial charge in [0.25, 0.3) is 5.91 Å². The molecular formula is C13H18BrNO2. The number of phenols is 1. The summed E-state index contributed by atoms with van der Waals surface area (Å²) in [6.45, 7) is 2.87. The topological polar surface area (TPSA) is 49.3 Å². The fourth-order valence-electron chi connectivity index (χ4n) is 1.44. The number of aromatic hydroxyl groups is 1. The summed E-state index contributed by atoms with van der Waals surface area (Å²) < 4.78 is 0. The van der Waals surface area contributed by atoms with Crippen molar-refractivity contribution >= 4 is 21.8 Å². The highest BCUT2D eigenvalue weighted by atomic mass is 79.9. The molecule has 1 unspecified atom stereocenters. The molecule has 0 heterocycles. The van der Waals surface area contributed by atoms with E-state index in [1.807, 2.05) is 0 Å². The summed E-state index contributed by atoms with van der Waals surface area (Å²) in [5, 5.41) is 13.0. The first kappa shape index (κ1) is 14.0. The summed E-state index contributed by atoms with van der Waals surface area (Å²) in [5.41, 5.74) is 0.580. The second-order valence-electron chi connectivity index (χ2n) is 4.20. The third-order valence-corrected chi connectivity index (χ3v) is 3.66. The standard InChI is InChI=1S/C13H18BrNO2/c1-10(9-14)3-2-8-15-13(17)11-4-6-12(16)7-5-11/h4-7,10,16H,2-3,8-9H2,1H3,(H,15,17). The van der Waals surface area contributed by atoms with Gasteiger partial charge >= 0.3 is 0 Å². The molecule has 3 nitrogen and oxygen atoms in total. The van der Waals surface area contributed by atoms with Crippen LogP contribution in [-0.4, -0.2) is 22.9 Å². The molecule has 1 rings (SSSR count). The van der Waals surface area contributed by atoms with Crippen LogP contribution in [0, 0.1) is 5.92 Å². The van der Waals surface area contributed by atoms with Crippen molar-refractivity contribution in [3.63, 3.8) is 0 Å². The molecule has 0 bridgehead atoms. The minimum Gasteiger partial charge on any atom is -0.508 e. The fourth-order valence-corrected chi connectivity index (χ4v) is 1.77. The zero-order valence-corrected chi connectivity index (χ0v) is 11.5. The molecule has 1 aromatic carbocycles. The first-order valence-electron chi connectivity index (χ1n) is 5.76. The second-order valence-corrected chi connectivity index (χ2v) is 4.85. The number of hydrogen-bond donors (Lipinski definition) is 2. The number of phenolic OH excluding ortho intramolecular Hbond substituents is 1. The lowest BCUT2D eigenvalue weighted by Gasteiger charge is -2.08. The van der Waals surface area contributed by atoms with E-state index in [1.54, 1.807) is 12.1 Å². The molecule has 0 fully saturated rings. The molecule has 0 saturated heterocycles. The highest BCUT2D eigenvalue weighted by Crippen LogP contribution is 2.10. The van der Waals surface area contributed by atoms with Gasteiger partial charge in [-0.05, 0) is 43.0 Å². The molecule has 0 aliphatic carbocycles. The monoisotopic (exact) mass is 299 g/mol. The number of carbonyl (C=O) groups excluding carboxylic acids is 1. The smallest absolute Gasteiger partial charge is 0.251 e. The van der Waals surface area contributed by atoms with Gasteiger partial charge in [-0.25, -0.2) is 0 Å². The number of nitrogens with one attached hydrogen (secondary N) is 1. The third-order valence-electron chi connectivity index (χ3n) is 2.55. The van der Waals surface area contributed by atoms with Gasteiger partial charge in [0.1, 0.15) is 5.75 Å². The van der Waals surface area contributed by atoms with E-state index in [0.717, 1.165) is 18.2 Å². The van der Waals surface area contributed by atoms with E-state index in [-0.39, 0.29) is 11.7 Å². The zero-order valence-electron chi connectivity index (χ0n) is 9.95. The largest absolute Gasteiger partial charge is 0.508 e. The molecule has 17 heavy (non-hydrogen) atoms. The summed E-state index contributed by atoms with van der Waals surface area (Å²) in [6, 6.07) is 6.27. The highest BCUT2D eigenvalue weighted by molar-refractivity contribution is 9.09. The molecular weight excluding hydrogens is 282 g/mol. The van der Waals surface area contributed by atoms with E-state index in [9.17, 15) is 4.79 Å². The Kier molecular flexibility index (Phi) is 6.05. The van der Waals surface area contributed by atoms with Gasteiger partial charge in [0, 0.05) is 17.4 Å². The van der Waals surface area contributed by atoms with Crippen LogP contribution in [0.3, 0.4) is 0 Å². The Bertz CT molecular complexity index is 351. The number of carbonyl (C=O) groups is 1. The maximum absolute atomic E-state index is 11.7. The number of halogens is 1. The average molecular weight is 300 g/mol. The van der Waals surface area contributed by atoms with Crippen molar-refractivity contribution in [3.05, 3.63) is 29.8 Å². The molecule has 0 radical (unpaired) electrons. The van der Waals surface area contributed by atoms with Crippen LogP contribution in [0.4, 0.5) is 0 Å². The molecule has 0 aliphatic rings. The highest BCUT2D eigenvalue weighted by Gasteiger charge is 2.05. The molecule has 1 atom stereocenters. The van der Waals surface area contributed by atoms with Crippen molar-refractivity contribution in [2.45, 2.75) is 19.8 Å². The lowest BCUT2D eigenvalue weighted by molar-refractivity contribution is 0.0952. The van der Waals surface area contributed by atoms with E-state index < -0.39 is 0 Å². The number of alkyl halides is 1. The molecule has 1 amide bonds. The molecule has 94 valence electrons. The predicted octanol–water partition coefficient (Wildman–Crippen LogP) is 2.93. The van der Waals surface area contributed by atoms with Crippen molar-refractivity contribution < 1.29 is 9.90 Å². The van der Waals surface area contributed by atoms with Gasteiger partial charge < -0.3 is 10.4 Å². The lowest BCUT2D eigenvalue weighted by Crippen LogP contribution is -2.24. The number of rotatable bonds is 6. The fraction of sp³-hybridized carbons (Fsp3) is 0.462. The van der Waals surface area contributed by atoms with E-state index in [4.69, 9.17) is 5.11 Å². The van der Waals surface area contributed by atoms with Crippen molar-refractivity contribution in [1.82, 2.24) is 5.32 Å². The van der Waals surface area contributed by atoms with Gasteiger partial charge in [0.2, 0.25) is 0 Å². The molecule has 0 saturated carbocycles. The minimum atomic E-state index is -0.0866. The first-order valence-corrected chi connectivity index (χ1v) is 6.89. The Morgan fingerprint density at radius 2 is 2.06 bits per heavy atom. The Hall–Kier alpha value is -1.03. The van der Waals surface area contributed by atoms with Crippen molar-refractivity contribution in [2.24, 2.45) is 5.92 Å². The SMILES string of the molecule is CC(CBr)CCCNC(=O)c1ccc(O)cc1. The van der Waals surface area contributed by atoms with Crippen LogP contribution in [0.2, 0.25) is 0 Å². The normalized spacial score (nSPS) is 12.1. The maximum atomic E-state index is 11.7. The van der Waals surface area contributed by atoms with E-state index in [0.29, 0.717) is 18.0 Å². The molecule has 0 aromatic heterocycles. The maximum Gasteiger partial charge on any atom is 0.251 e. The van der Waals surface area contributed by atoms with Crippen molar-refractivity contribution in [2.75, 3.05) is 11.9 Å². The zero-order chi connectivity index (χ0) is 12.7. The Labute approximate surface area is 110 Å². The summed E-state index contributed by atoms with van der Waals surface area (Å²) in [7, 11) is 0. The molecule has 0 spiro atoms. The number of amides is 1. The van der Waals surface area contributed by atoms with Gasteiger partial charge in [0.05, 0.1) is 0 Å². The summed E-state index contributed by atoms with van der Waals surface area (Å²) in [6.07, 6.45) is 2.08. The van der Waals surface area contributed by atoms with Crippen molar-refractivity contribution in [3.8, 4) is 5.75 Å². The second kappa shape index (κ2) is 7.33. The molecule has 4 heteroatoms. The van der Waals surface area contributed by atoms with Crippen LogP contribution in [-0.2, 0) is 0 Å². The Balaban J connectivity index is 2.28. The van der Waals surface area contributed by atoms with Gasteiger partial charge in [-0.1, -0.05) is 22.9 Å². The summed E-state index contributed by atoms with van der Waals surface area (Å²) in [4.78, 5) is 11.7. The summed E-state index contributed by atoms with van der Waals surface area (Å²) in [5.74, 6) is 0.727. The first-order chi connectivity index (χ1) is 8.13. The quantitative estimate of drug-likeness (QED) is 0.627. The number of benzene rings is 1. The van der Waals surface area contributed by atoms with Crippen LogP contribution >= 0.6 is 15.9 Å². The van der Waals surface area contributed by atoms with Crippen LogP contribution in [0.15, 0.2) is 24.3 Å². The van der Waals surface area contributed by atoms with Gasteiger partial charge in [-0.15, -0.1) is 0 Å². The predicted molar refractivity (Wildman–Crippen MR) is 72.6 cm³/mol. The van der Waals surface area contributed by atoms with E-state index in [1.165, 1.54) is 12.1 Å². The van der Waals surface area contributed by atoms with Crippen LogP contribution < -0.4 is 5.32 Å². The van der Waals surface area contributed by atoms with Crippen molar-refractivity contribution in [1.29, 1.82) is 0 Å². The van der Waals surface area contributed by atoms with Gasteiger partial charge in [-0.2, -0.15) is 0 Å². The molecule has 1 aromatic rings. The number of hydrogen-bond acceptors (Lipinski definition) is 2. The van der Waals surface area contributed by atoms with E-state index >= 15 is 0 Å². The van der Waals surface area contributed by atoms with Gasteiger partial charge in [0.15, 0.2) is 0 Å². The minimum absolute atomic E-state index is 0.0866. The average Bonchev–Trinajstić information content (AvgIpc) is 2.34. The molecule has 0 aliphatic heterocycles. The van der Waals surface area contributed by atoms with E-state index in [2.05, 4.69) is 28.2 Å². The van der Waals surface area contributed by atoms with Crippen LogP contribution in [0.1, 0.15) is 30.1 Å². The summed E-state index contributed by atoms with van der Waals surface area (Å²) >= 11 is 3.43. The third kappa shape index (κ3) is 5.22. The van der Waals surface area contributed by atoms with Gasteiger partial charge in [-0.3, -0.25) is 4.79 Å². The van der Waals surface area contributed by atoms with Crippen LogP contribution in [0.25, 0.3) is 0 Å². The Morgan fingerprint density at radius 3 is 2.65 bits per heavy atom. The lowest BCUT2D eigenvalue weighted by atomic mass is 10.1. The molecule has 2 N–H and O–H groups in total.